The van der Waals surface area contributed by atoms with E-state index >= 15 is 0 Å². The van der Waals surface area contributed by atoms with Gasteiger partial charge in [-0.2, -0.15) is 4.81 Å². The zero-order valence-corrected chi connectivity index (χ0v) is 10.4. The van der Waals surface area contributed by atoms with Crippen molar-refractivity contribution in [1.82, 2.24) is 0 Å². The molecule has 1 aromatic carbocycles. The summed E-state index contributed by atoms with van der Waals surface area (Å²) in [7, 11) is 0.814. The van der Waals surface area contributed by atoms with Gasteiger partial charge < -0.3 is 29.1 Å². The molecule has 1 aromatic rings. The average Bonchev–Trinajstić information content (AvgIpc) is 2.36. The third-order valence-electron chi connectivity index (χ3n) is 1.97. The first-order valence-electron chi connectivity index (χ1n) is 5.21. The van der Waals surface area contributed by atoms with Crippen molar-refractivity contribution in [1.29, 1.82) is 0 Å². The van der Waals surface area contributed by atoms with Gasteiger partial charge in [-0.1, -0.05) is 0 Å². The van der Waals surface area contributed by atoms with E-state index in [9.17, 15) is 0 Å². The second-order valence-electron chi connectivity index (χ2n) is 3.07. The van der Waals surface area contributed by atoms with Crippen molar-refractivity contribution in [3.05, 3.63) is 12.1 Å². The van der Waals surface area contributed by atoms with Gasteiger partial charge in [-0.15, -0.1) is 0 Å². The summed E-state index contributed by atoms with van der Waals surface area (Å²) >= 11 is 0. The summed E-state index contributed by atoms with van der Waals surface area (Å²) in [5.74, 6) is 1.16. The fraction of sp³-hybridized carbons (Fsp3) is 0.400. The molecule has 9 heteroatoms. The van der Waals surface area contributed by atoms with E-state index in [1.165, 1.54) is 20.3 Å². The van der Waals surface area contributed by atoms with Crippen molar-refractivity contribution < 1.29 is 34.0 Å². The number of methoxy groups -OCH3 is 2. The van der Waals surface area contributed by atoms with E-state index in [0.29, 0.717) is 18.1 Å². The predicted molar refractivity (Wildman–Crippen MR) is 69.8 cm³/mol. The minimum absolute atomic E-state index is 0. The van der Waals surface area contributed by atoms with Crippen molar-refractivity contribution in [2.45, 2.75) is 6.92 Å². The summed E-state index contributed by atoms with van der Waals surface area (Å²) in [5.41, 5.74) is 0. The number of benzene rings is 1. The fourth-order valence-electron chi connectivity index (χ4n) is 1.34. The van der Waals surface area contributed by atoms with Crippen LogP contribution in [0.25, 0.3) is 0 Å². The quantitative estimate of drug-likeness (QED) is 0.399. The van der Waals surface area contributed by atoms with Gasteiger partial charge in [0, 0.05) is 0 Å². The second kappa shape index (κ2) is 8.96. The molecule has 7 nitrogen and oxygen atoms in total. The summed E-state index contributed by atoms with van der Waals surface area (Å²) in [6.07, 6.45) is 0. The van der Waals surface area contributed by atoms with Crippen LogP contribution in [0.5, 0.6) is 23.0 Å². The monoisotopic (exact) mass is 266 g/mol. The summed E-state index contributed by atoms with van der Waals surface area (Å²) in [5, 5.41) is 17.1. The molecule has 0 saturated carbocycles. The van der Waals surface area contributed by atoms with E-state index in [2.05, 4.69) is 4.81 Å². The Morgan fingerprint density at radius 2 is 1.58 bits per heavy atom. The molecule has 0 aliphatic heterocycles. The zero-order chi connectivity index (χ0) is 13.5. The average molecular weight is 266 g/mol. The van der Waals surface area contributed by atoms with E-state index in [0.717, 1.165) is 0 Å². The van der Waals surface area contributed by atoms with Crippen LogP contribution in [0.1, 0.15) is 6.92 Å². The number of rotatable bonds is 7. The predicted octanol–water partition coefficient (Wildman–Crippen LogP) is -0.266. The first kappa shape index (κ1) is 18.0. The summed E-state index contributed by atoms with van der Waals surface area (Å²) in [6.45, 7) is 2.30. The van der Waals surface area contributed by atoms with Gasteiger partial charge in [0.1, 0.15) is 0 Å². The summed E-state index contributed by atoms with van der Waals surface area (Å²) in [6, 6.07) is 3.09. The molecule has 0 saturated heterocycles. The molecule has 0 aliphatic carbocycles. The van der Waals surface area contributed by atoms with E-state index in [4.69, 9.17) is 29.1 Å². The van der Waals surface area contributed by atoms with Crippen LogP contribution in [0.15, 0.2) is 12.1 Å². The van der Waals surface area contributed by atoms with Crippen LogP contribution in [0.2, 0.25) is 0 Å². The molecule has 0 spiro atoms. The first-order chi connectivity index (χ1) is 8.63. The molecular formula is C10H16BLiO7. The Kier molecular flexibility index (Phi) is 8.47. The maximum atomic E-state index is 8.55. The van der Waals surface area contributed by atoms with Gasteiger partial charge in [0.15, 0.2) is 5.75 Å². The molecule has 19 heavy (non-hydrogen) atoms. The molecule has 0 amide bonds. The molecule has 0 atom stereocenters. The number of hydrogen-bond acceptors (Lipinski definition) is 7. The van der Waals surface area contributed by atoms with Crippen LogP contribution in [-0.4, -0.2) is 57.1 Å². The molecule has 0 unspecified atom stereocenters. The van der Waals surface area contributed by atoms with E-state index < -0.39 is 7.32 Å². The SMILES string of the molecule is CCOc1ccc(OOB(O)O)c(OC)c1OC.[LiH]. The standard InChI is InChI=1S/C10H15BO7.Li.H/c1-4-16-7-5-6-8(17-18-11(12)13)10(15-3)9(7)14-2;;/h5-6,12-13H,4H2,1-3H3;;. The third-order valence-corrected chi connectivity index (χ3v) is 1.97. The van der Waals surface area contributed by atoms with Crippen LogP contribution in [0.3, 0.4) is 0 Å². The van der Waals surface area contributed by atoms with Gasteiger partial charge in [-0.05, 0) is 19.1 Å². The first-order valence-corrected chi connectivity index (χ1v) is 5.21. The molecule has 1 rings (SSSR count). The van der Waals surface area contributed by atoms with Crippen molar-refractivity contribution in [2.24, 2.45) is 0 Å². The molecule has 0 aromatic heterocycles. The van der Waals surface area contributed by atoms with Crippen LogP contribution in [0.4, 0.5) is 0 Å². The maximum absolute atomic E-state index is 8.55. The Bertz CT molecular complexity index is 388. The Balaban J connectivity index is 0.00000324. The number of hydrogen-bond donors (Lipinski definition) is 2. The van der Waals surface area contributed by atoms with Gasteiger partial charge in [0.2, 0.25) is 17.2 Å². The van der Waals surface area contributed by atoms with Crippen molar-refractivity contribution in [3.63, 3.8) is 0 Å². The third kappa shape index (κ3) is 4.86. The van der Waals surface area contributed by atoms with Gasteiger partial charge in [0.25, 0.3) is 0 Å². The minimum atomic E-state index is -2.05. The Morgan fingerprint density at radius 1 is 1.05 bits per heavy atom. The second-order valence-corrected chi connectivity index (χ2v) is 3.07. The summed E-state index contributed by atoms with van der Waals surface area (Å²) < 4.78 is 15.6. The molecule has 0 heterocycles. The Morgan fingerprint density at radius 3 is 2.05 bits per heavy atom. The van der Waals surface area contributed by atoms with Crippen molar-refractivity contribution in [3.8, 4) is 23.0 Å². The normalized spacial score (nSPS) is 9.32. The van der Waals surface area contributed by atoms with Crippen molar-refractivity contribution >= 4 is 26.2 Å². The van der Waals surface area contributed by atoms with Crippen LogP contribution >= 0.6 is 0 Å². The van der Waals surface area contributed by atoms with E-state index in [1.54, 1.807) is 6.07 Å². The Hall–Kier alpha value is -1.04. The zero-order valence-electron chi connectivity index (χ0n) is 10.4. The fourth-order valence-corrected chi connectivity index (χ4v) is 1.34. The molecule has 2 N–H and O–H groups in total. The van der Waals surface area contributed by atoms with Crippen LogP contribution in [0, 0.1) is 0 Å². The molecular weight excluding hydrogens is 250 g/mol. The summed E-state index contributed by atoms with van der Waals surface area (Å²) in [4.78, 5) is 8.91. The van der Waals surface area contributed by atoms with Crippen LogP contribution in [-0.2, 0) is 4.81 Å². The Labute approximate surface area is 123 Å². The molecule has 0 bridgehead atoms. The van der Waals surface area contributed by atoms with E-state index in [1.807, 2.05) is 6.92 Å². The van der Waals surface area contributed by atoms with Gasteiger partial charge >= 0.3 is 26.2 Å². The molecule has 102 valence electrons. The van der Waals surface area contributed by atoms with Crippen molar-refractivity contribution in [2.75, 3.05) is 20.8 Å². The number of ether oxygens (including phenoxy) is 3. The molecule has 0 fully saturated rings. The van der Waals surface area contributed by atoms with Gasteiger partial charge in [0.05, 0.1) is 20.8 Å². The van der Waals surface area contributed by atoms with Crippen LogP contribution < -0.4 is 19.1 Å². The van der Waals surface area contributed by atoms with E-state index in [-0.39, 0.29) is 30.4 Å². The van der Waals surface area contributed by atoms with Gasteiger partial charge in [-0.25, -0.2) is 0 Å². The topological polar surface area (TPSA) is 86.6 Å². The molecule has 0 aliphatic rings. The van der Waals surface area contributed by atoms with Gasteiger partial charge in [-0.3, -0.25) is 0 Å². The molecule has 0 radical (unpaired) electrons.